The number of aryl methyl sites for hydroxylation is 1. The Morgan fingerprint density at radius 3 is 2.18 bits per heavy atom. The van der Waals surface area contributed by atoms with E-state index in [1.807, 2.05) is 36.4 Å². The van der Waals surface area contributed by atoms with Crippen LogP contribution in [-0.4, -0.2) is 7.05 Å². The second-order valence-electron chi connectivity index (χ2n) is 8.23. The fraction of sp³-hybridized carbons (Fsp3) is 0.0968. The summed E-state index contributed by atoms with van der Waals surface area (Å²) in [5.41, 5.74) is 15.4. The van der Waals surface area contributed by atoms with E-state index >= 15 is 0 Å². The van der Waals surface area contributed by atoms with Gasteiger partial charge in [0.05, 0.1) is 0 Å². The van der Waals surface area contributed by atoms with Gasteiger partial charge in [0.15, 0.2) is 0 Å². The molecule has 0 aromatic heterocycles. The Morgan fingerprint density at radius 2 is 1.45 bits per heavy atom. The zero-order valence-corrected chi connectivity index (χ0v) is 19.3. The van der Waals surface area contributed by atoms with Crippen LogP contribution in [0.1, 0.15) is 16.7 Å². The normalized spacial score (nSPS) is 11.9. The second-order valence-corrected chi connectivity index (χ2v) is 8.23. The zero-order valence-electron chi connectivity index (χ0n) is 19.3. The molecule has 0 amide bonds. The minimum atomic E-state index is 0.745. The van der Waals surface area contributed by atoms with Gasteiger partial charge in [0.25, 0.3) is 0 Å². The molecule has 0 heterocycles. The molecule has 0 saturated heterocycles. The molecule has 2 heteroatoms. The number of nitrogens with zero attached hydrogens (tertiary/aromatic N) is 1. The van der Waals surface area contributed by atoms with E-state index < -0.39 is 0 Å². The highest BCUT2D eigenvalue weighted by molar-refractivity contribution is 5.81. The molecule has 0 aliphatic carbocycles. The van der Waals surface area contributed by atoms with Gasteiger partial charge in [-0.15, -0.1) is 0 Å². The van der Waals surface area contributed by atoms with Crippen LogP contribution >= 0.6 is 0 Å². The van der Waals surface area contributed by atoms with Gasteiger partial charge in [-0.25, -0.2) is 0 Å². The molecule has 4 rings (SSSR count). The van der Waals surface area contributed by atoms with E-state index in [1.54, 1.807) is 0 Å². The molecular weight excluding hydrogens is 400 g/mol. The van der Waals surface area contributed by atoms with E-state index in [9.17, 15) is 0 Å². The number of allylic oxidation sites excluding steroid dienone is 2. The number of benzene rings is 4. The summed E-state index contributed by atoms with van der Waals surface area (Å²) in [7, 11) is 2.11. The van der Waals surface area contributed by atoms with Crippen LogP contribution in [0.2, 0.25) is 0 Å². The fourth-order valence-corrected chi connectivity index (χ4v) is 3.96. The minimum Gasteiger partial charge on any atom is -0.398 e. The van der Waals surface area contributed by atoms with Gasteiger partial charge in [-0.1, -0.05) is 115 Å². The molecule has 0 fully saturated rings. The highest BCUT2D eigenvalue weighted by Gasteiger charge is 2.12. The Labute approximate surface area is 197 Å². The Balaban J connectivity index is 1.76. The predicted octanol–water partition coefficient (Wildman–Crippen LogP) is 7.22. The fourth-order valence-electron chi connectivity index (χ4n) is 3.96. The van der Waals surface area contributed by atoms with Crippen molar-refractivity contribution in [3.05, 3.63) is 144 Å². The van der Waals surface area contributed by atoms with Crippen molar-refractivity contribution in [1.29, 1.82) is 0 Å². The number of para-hydroxylation sites is 1. The monoisotopic (exact) mass is 430 g/mol. The van der Waals surface area contributed by atoms with Gasteiger partial charge in [-0.3, -0.25) is 0 Å². The first kappa shape index (κ1) is 22.2. The Kier molecular flexibility index (Phi) is 7.06. The third-order valence-corrected chi connectivity index (χ3v) is 5.78. The minimum absolute atomic E-state index is 0.745. The van der Waals surface area contributed by atoms with Crippen LogP contribution in [0.5, 0.6) is 0 Å². The lowest BCUT2D eigenvalue weighted by Gasteiger charge is -2.25. The first-order chi connectivity index (χ1) is 16.1. The first-order valence-corrected chi connectivity index (χ1v) is 11.3. The Hall–Kier alpha value is -4.04. The molecule has 0 spiro atoms. The van der Waals surface area contributed by atoms with Crippen LogP contribution in [0.15, 0.2) is 127 Å². The summed E-state index contributed by atoms with van der Waals surface area (Å²) in [4.78, 5) is 2.23. The third-order valence-electron chi connectivity index (χ3n) is 5.78. The number of rotatable bonds is 7. The number of likely N-dealkylation sites (N-methyl/N-ethyl adjacent to an activating group) is 1. The second kappa shape index (κ2) is 10.5. The molecule has 0 aliphatic rings. The highest BCUT2D eigenvalue weighted by Crippen LogP contribution is 2.33. The maximum atomic E-state index is 6.54. The molecule has 4 aromatic rings. The first-order valence-electron chi connectivity index (χ1n) is 11.3. The summed E-state index contributed by atoms with van der Waals surface area (Å²) in [5.74, 6) is 0. The van der Waals surface area contributed by atoms with Gasteiger partial charge in [-0.05, 0) is 42.2 Å². The predicted molar refractivity (Wildman–Crippen MR) is 142 cm³/mol. The lowest BCUT2D eigenvalue weighted by molar-refractivity contribution is 1.10. The van der Waals surface area contributed by atoms with Crippen LogP contribution in [0, 0.1) is 6.92 Å². The molecule has 0 unspecified atom stereocenters. The summed E-state index contributed by atoms with van der Waals surface area (Å²) in [6, 6.07) is 37.8. The molecular formula is C31H30N2. The molecule has 4 aromatic carbocycles. The molecule has 0 radical (unpaired) electrons. The summed E-state index contributed by atoms with van der Waals surface area (Å²) < 4.78 is 0. The average Bonchev–Trinajstić information content (AvgIpc) is 2.87. The molecule has 2 N–H and O–H groups in total. The van der Waals surface area contributed by atoms with Crippen LogP contribution in [0.25, 0.3) is 16.8 Å². The Bertz CT molecular complexity index is 1250. The third kappa shape index (κ3) is 5.61. The number of nitrogens with two attached hydrogens (primary N) is 1. The largest absolute Gasteiger partial charge is 0.398 e. The zero-order chi connectivity index (χ0) is 23.0. The van der Waals surface area contributed by atoms with E-state index in [-0.39, 0.29) is 0 Å². The highest BCUT2D eigenvalue weighted by atomic mass is 15.1. The van der Waals surface area contributed by atoms with Gasteiger partial charge >= 0.3 is 0 Å². The number of anilines is 1. The molecule has 164 valence electrons. The van der Waals surface area contributed by atoms with Crippen LogP contribution in [0.4, 0.5) is 5.69 Å². The van der Waals surface area contributed by atoms with Crippen molar-refractivity contribution < 1.29 is 0 Å². The number of hydrogen-bond donors (Lipinski definition) is 1. The van der Waals surface area contributed by atoms with Gasteiger partial charge in [-0.2, -0.15) is 0 Å². The number of hydrogen-bond acceptors (Lipinski definition) is 2. The van der Waals surface area contributed by atoms with Crippen molar-refractivity contribution in [2.45, 2.75) is 13.3 Å². The maximum absolute atomic E-state index is 6.54. The molecule has 0 aliphatic heterocycles. The van der Waals surface area contributed by atoms with Gasteiger partial charge in [0.1, 0.15) is 0 Å². The van der Waals surface area contributed by atoms with Crippen molar-refractivity contribution >= 4 is 11.4 Å². The van der Waals surface area contributed by atoms with Crippen molar-refractivity contribution in [2.24, 2.45) is 5.73 Å². The van der Waals surface area contributed by atoms with Gasteiger partial charge in [0, 0.05) is 29.7 Å². The van der Waals surface area contributed by atoms with E-state index in [0.29, 0.717) is 0 Å². The van der Waals surface area contributed by atoms with Crippen molar-refractivity contribution in [2.75, 3.05) is 11.9 Å². The average molecular weight is 431 g/mol. The van der Waals surface area contributed by atoms with E-state index in [0.717, 1.165) is 29.1 Å². The lowest BCUT2D eigenvalue weighted by atomic mass is 10.0. The van der Waals surface area contributed by atoms with E-state index in [2.05, 4.69) is 104 Å². The lowest BCUT2D eigenvalue weighted by Crippen LogP contribution is -2.17. The van der Waals surface area contributed by atoms with E-state index in [1.165, 1.54) is 22.3 Å². The van der Waals surface area contributed by atoms with Crippen LogP contribution < -0.4 is 10.6 Å². The Morgan fingerprint density at radius 1 is 0.788 bits per heavy atom. The smallest absolute Gasteiger partial charge is 0.0487 e. The van der Waals surface area contributed by atoms with Crippen LogP contribution in [0.3, 0.4) is 0 Å². The molecule has 2 nitrogen and oxygen atoms in total. The van der Waals surface area contributed by atoms with Crippen molar-refractivity contribution in [3.8, 4) is 11.1 Å². The molecule has 0 atom stereocenters. The standard InChI is InChI=1S/C31H30N2/c1-24-12-11-17-27(22-24)29-18-9-10-19-31(29)33(2)28(21-20-25-13-5-3-6-14-25)23-30(32)26-15-7-4-8-16-26/h3-19,21-23H,20,32H2,1-2H3/b28-21+,30-23-. The summed E-state index contributed by atoms with van der Waals surface area (Å²) in [6.07, 6.45) is 5.15. The van der Waals surface area contributed by atoms with Gasteiger partial charge in [0.2, 0.25) is 0 Å². The molecule has 0 bridgehead atoms. The van der Waals surface area contributed by atoms with Crippen LogP contribution in [-0.2, 0) is 6.42 Å². The van der Waals surface area contributed by atoms with Crippen molar-refractivity contribution in [1.82, 2.24) is 0 Å². The quantitative estimate of drug-likeness (QED) is 0.314. The van der Waals surface area contributed by atoms with Crippen molar-refractivity contribution in [3.63, 3.8) is 0 Å². The van der Waals surface area contributed by atoms with E-state index in [4.69, 9.17) is 5.73 Å². The SMILES string of the molecule is Cc1cccc(-c2ccccc2N(C)C(/C=C(\N)c2ccccc2)=C/Cc2ccccc2)c1. The van der Waals surface area contributed by atoms with Gasteiger partial charge < -0.3 is 10.6 Å². The summed E-state index contributed by atoms with van der Waals surface area (Å²) in [6.45, 7) is 2.13. The molecule has 33 heavy (non-hydrogen) atoms. The summed E-state index contributed by atoms with van der Waals surface area (Å²) in [5, 5.41) is 0. The topological polar surface area (TPSA) is 29.3 Å². The molecule has 0 saturated carbocycles. The maximum Gasteiger partial charge on any atom is 0.0487 e. The summed E-state index contributed by atoms with van der Waals surface area (Å²) >= 11 is 0.